The number of aromatic nitrogens is 1. The van der Waals surface area contributed by atoms with Crippen LogP contribution in [-0.2, 0) is 0 Å². The first-order valence-electron chi connectivity index (χ1n) is 6.46. The van der Waals surface area contributed by atoms with Gasteiger partial charge in [-0.1, -0.05) is 0 Å². The number of nitrogens with zero attached hydrogens (tertiary/aromatic N) is 2. The van der Waals surface area contributed by atoms with Gasteiger partial charge < -0.3 is 10.0 Å². The molecule has 1 N–H and O–H groups in total. The van der Waals surface area contributed by atoms with Gasteiger partial charge in [-0.05, 0) is 32.2 Å². The topological polar surface area (TPSA) is 53.4 Å². The first kappa shape index (κ1) is 15.2. The van der Waals surface area contributed by atoms with Crippen LogP contribution >= 0.6 is 22.7 Å². The molecule has 0 aliphatic heterocycles. The maximum Gasteiger partial charge on any atom is 0.273 e. The molecule has 2 aromatic rings. The maximum absolute atomic E-state index is 12.5. The van der Waals surface area contributed by atoms with E-state index in [-0.39, 0.29) is 11.9 Å². The highest BCUT2D eigenvalue weighted by Crippen LogP contribution is 2.26. The summed E-state index contributed by atoms with van der Waals surface area (Å²) in [6.07, 6.45) is -0.545. The van der Waals surface area contributed by atoms with Crippen LogP contribution in [0.5, 0.6) is 0 Å². The minimum absolute atomic E-state index is 0.0309. The van der Waals surface area contributed by atoms with Crippen LogP contribution in [0, 0.1) is 0 Å². The molecule has 1 amide bonds. The van der Waals surface area contributed by atoms with Gasteiger partial charge in [0.2, 0.25) is 0 Å². The SMILES string of the molecule is CC(O)CN(C(=O)c1csc(-c2ccsc2)n1)C(C)C. The molecule has 1 unspecified atom stereocenters. The van der Waals surface area contributed by atoms with Gasteiger partial charge in [-0.3, -0.25) is 4.79 Å². The minimum atomic E-state index is -0.545. The van der Waals surface area contributed by atoms with Crippen molar-refractivity contribution in [1.82, 2.24) is 9.88 Å². The molecule has 0 bridgehead atoms. The first-order valence-corrected chi connectivity index (χ1v) is 8.28. The Morgan fingerprint density at radius 1 is 1.40 bits per heavy atom. The number of carbonyl (C=O) groups excluding carboxylic acids is 1. The lowest BCUT2D eigenvalue weighted by Gasteiger charge is -2.27. The molecule has 0 fully saturated rings. The van der Waals surface area contributed by atoms with Crippen molar-refractivity contribution in [2.24, 2.45) is 0 Å². The molecular weight excluding hydrogens is 292 g/mol. The molecule has 2 heterocycles. The number of rotatable bonds is 5. The predicted octanol–water partition coefficient (Wildman–Crippen LogP) is 3.10. The zero-order valence-corrected chi connectivity index (χ0v) is 13.4. The van der Waals surface area contributed by atoms with Gasteiger partial charge in [0.05, 0.1) is 6.10 Å². The fourth-order valence-corrected chi connectivity index (χ4v) is 3.36. The monoisotopic (exact) mass is 310 g/mol. The van der Waals surface area contributed by atoms with E-state index in [4.69, 9.17) is 0 Å². The molecule has 108 valence electrons. The summed E-state index contributed by atoms with van der Waals surface area (Å²) in [6.45, 7) is 5.88. The molecule has 0 aliphatic carbocycles. The Morgan fingerprint density at radius 2 is 2.15 bits per heavy atom. The molecule has 0 saturated carbocycles. The van der Waals surface area contributed by atoms with Gasteiger partial charge in [-0.15, -0.1) is 11.3 Å². The van der Waals surface area contributed by atoms with Crippen molar-refractivity contribution in [2.45, 2.75) is 32.9 Å². The van der Waals surface area contributed by atoms with E-state index in [1.165, 1.54) is 11.3 Å². The summed E-state index contributed by atoms with van der Waals surface area (Å²) in [7, 11) is 0. The number of thiazole rings is 1. The highest BCUT2D eigenvalue weighted by atomic mass is 32.1. The Kier molecular flexibility index (Phi) is 4.91. The number of aliphatic hydroxyl groups excluding tert-OH is 1. The van der Waals surface area contributed by atoms with Crippen LogP contribution in [-0.4, -0.2) is 39.6 Å². The highest BCUT2D eigenvalue weighted by molar-refractivity contribution is 7.14. The van der Waals surface area contributed by atoms with Crippen LogP contribution in [0.1, 0.15) is 31.3 Å². The minimum Gasteiger partial charge on any atom is -0.392 e. The number of hydrogen-bond donors (Lipinski definition) is 1. The number of aliphatic hydroxyl groups is 1. The van der Waals surface area contributed by atoms with Gasteiger partial charge >= 0.3 is 0 Å². The smallest absolute Gasteiger partial charge is 0.273 e. The van der Waals surface area contributed by atoms with E-state index in [2.05, 4.69) is 4.98 Å². The third kappa shape index (κ3) is 3.45. The highest BCUT2D eigenvalue weighted by Gasteiger charge is 2.22. The van der Waals surface area contributed by atoms with Gasteiger partial charge in [0.25, 0.3) is 5.91 Å². The maximum atomic E-state index is 12.5. The fraction of sp³-hybridized carbons (Fsp3) is 0.429. The Morgan fingerprint density at radius 3 is 2.70 bits per heavy atom. The van der Waals surface area contributed by atoms with Gasteiger partial charge in [0.1, 0.15) is 10.7 Å². The fourth-order valence-electron chi connectivity index (χ4n) is 1.85. The second-order valence-corrected chi connectivity index (χ2v) is 6.59. The largest absolute Gasteiger partial charge is 0.392 e. The van der Waals surface area contributed by atoms with E-state index >= 15 is 0 Å². The lowest BCUT2D eigenvalue weighted by atomic mass is 10.2. The molecular formula is C14H18N2O2S2. The number of amides is 1. The Hall–Kier alpha value is -1.24. The van der Waals surface area contributed by atoms with Crippen molar-refractivity contribution in [2.75, 3.05) is 6.54 Å². The molecule has 20 heavy (non-hydrogen) atoms. The molecule has 6 heteroatoms. The summed E-state index contributed by atoms with van der Waals surface area (Å²) in [5.74, 6) is -0.126. The van der Waals surface area contributed by atoms with E-state index < -0.39 is 6.10 Å². The van der Waals surface area contributed by atoms with Crippen molar-refractivity contribution < 1.29 is 9.90 Å². The van der Waals surface area contributed by atoms with Crippen molar-refractivity contribution >= 4 is 28.6 Å². The van der Waals surface area contributed by atoms with E-state index in [0.29, 0.717) is 12.2 Å². The average molecular weight is 310 g/mol. The Balaban J connectivity index is 2.19. The van der Waals surface area contributed by atoms with Crippen LogP contribution in [0.25, 0.3) is 10.6 Å². The molecule has 1 atom stereocenters. The summed E-state index contributed by atoms with van der Waals surface area (Å²) in [6, 6.07) is 2.02. The summed E-state index contributed by atoms with van der Waals surface area (Å²) < 4.78 is 0. The number of thiophene rings is 1. The standard InChI is InChI=1S/C14H18N2O2S2/c1-9(2)16(6-10(3)17)14(18)12-8-20-13(15-12)11-4-5-19-7-11/h4-5,7-10,17H,6H2,1-3H3. The molecule has 0 aromatic carbocycles. The van der Waals surface area contributed by atoms with Gasteiger partial charge in [0.15, 0.2) is 0 Å². The first-order chi connectivity index (χ1) is 9.49. The van der Waals surface area contributed by atoms with Gasteiger partial charge in [0, 0.05) is 28.9 Å². The summed E-state index contributed by atoms with van der Waals surface area (Å²) in [4.78, 5) is 18.5. The van der Waals surface area contributed by atoms with E-state index in [1.807, 2.05) is 30.7 Å². The second kappa shape index (κ2) is 6.47. The van der Waals surface area contributed by atoms with Crippen molar-refractivity contribution in [1.29, 1.82) is 0 Å². The van der Waals surface area contributed by atoms with E-state index in [0.717, 1.165) is 10.6 Å². The molecule has 0 saturated heterocycles. The van der Waals surface area contributed by atoms with Crippen LogP contribution in [0.3, 0.4) is 0 Å². The Labute approximate surface area is 126 Å². The molecule has 2 aromatic heterocycles. The summed E-state index contributed by atoms with van der Waals surface area (Å²) >= 11 is 3.08. The van der Waals surface area contributed by atoms with Crippen LogP contribution in [0.4, 0.5) is 0 Å². The van der Waals surface area contributed by atoms with Gasteiger partial charge in [-0.2, -0.15) is 11.3 Å². The normalized spacial score (nSPS) is 12.7. The van der Waals surface area contributed by atoms with Crippen molar-refractivity contribution in [3.8, 4) is 10.6 Å². The molecule has 2 rings (SSSR count). The van der Waals surface area contributed by atoms with Gasteiger partial charge in [-0.25, -0.2) is 4.98 Å². The third-order valence-electron chi connectivity index (χ3n) is 2.84. The lowest BCUT2D eigenvalue weighted by molar-refractivity contribution is 0.0574. The molecule has 0 aliphatic rings. The molecule has 0 radical (unpaired) electrons. The predicted molar refractivity (Wildman–Crippen MR) is 83.3 cm³/mol. The van der Waals surface area contributed by atoms with Crippen molar-refractivity contribution in [3.05, 3.63) is 27.9 Å². The second-order valence-electron chi connectivity index (χ2n) is 4.95. The number of hydrogen-bond acceptors (Lipinski definition) is 5. The molecule has 4 nitrogen and oxygen atoms in total. The molecule has 0 spiro atoms. The van der Waals surface area contributed by atoms with E-state index in [9.17, 15) is 9.90 Å². The van der Waals surface area contributed by atoms with Crippen molar-refractivity contribution in [3.63, 3.8) is 0 Å². The zero-order chi connectivity index (χ0) is 14.7. The van der Waals surface area contributed by atoms with Crippen LogP contribution in [0.2, 0.25) is 0 Å². The van der Waals surface area contributed by atoms with Crippen LogP contribution < -0.4 is 0 Å². The zero-order valence-electron chi connectivity index (χ0n) is 11.7. The third-order valence-corrected chi connectivity index (χ3v) is 4.41. The quantitative estimate of drug-likeness (QED) is 0.923. The van der Waals surface area contributed by atoms with E-state index in [1.54, 1.807) is 28.5 Å². The van der Waals surface area contributed by atoms with Crippen LogP contribution in [0.15, 0.2) is 22.2 Å². The Bertz CT molecular complexity index is 562. The summed E-state index contributed by atoms with van der Waals surface area (Å²) in [5.41, 5.74) is 1.50. The summed E-state index contributed by atoms with van der Waals surface area (Å²) in [5, 5.41) is 16.2. The number of carbonyl (C=O) groups is 1. The average Bonchev–Trinajstić information content (AvgIpc) is 3.04. The lowest BCUT2D eigenvalue weighted by Crippen LogP contribution is -2.41.